The second-order valence-corrected chi connectivity index (χ2v) is 10.6. The van der Waals surface area contributed by atoms with E-state index in [0.29, 0.717) is 6.42 Å². The van der Waals surface area contributed by atoms with Crippen molar-refractivity contribution in [3.8, 4) is 11.5 Å². The smallest absolute Gasteiger partial charge is 0.162 e. The molecule has 0 fully saturated rings. The van der Waals surface area contributed by atoms with E-state index >= 15 is 0 Å². The lowest BCUT2D eigenvalue weighted by atomic mass is 9.69. The van der Waals surface area contributed by atoms with E-state index in [0.717, 1.165) is 46.5 Å². The Kier molecular flexibility index (Phi) is 5.20. The molecule has 0 bridgehead atoms. The zero-order valence-corrected chi connectivity index (χ0v) is 20.6. The predicted octanol–water partition coefficient (Wildman–Crippen LogP) is 6.11. The van der Waals surface area contributed by atoms with Crippen molar-refractivity contribution in [2.45, 2.75) is 39.0 Å². The minimum absolute atomic E-state index is 0.0412. The minimum Gasteiger partial charge on any atom is -0.493 e. The van der Waals surface area contributed by atoms with Gasteiger partial charge in [-0.25, -0.2) is 0 Å². The maximum Gasteiger partial charge on any atom is 0.162 e. The van der Waals surface area contributed by atoms with Gasteiger partial charge in [-0.2, -0.15) is 0 Å². The number of Topliss-reactive ketones (excluding diaryl/α,β-unsaturated/α-hetero) is 1. The van der Waals surface area contributed by atoms with Crippen molar-refractivity contribution in [3.05, 3.63) is 74.9 Å². The highest BCUT2D eigenvalue weighted by molar-refractivity contribution is 9.10. The van der Waals surface area contributed by atoms with Gasteiger partial charge in [0.15, 0.2) is 17.3 Å². The van der Waals surface area contributed by atoms with Crippen LogP contribution in [-0.2, 0) is 11.2 Å². The quantitative estimate of drug-likeness (QED) is 0.517. The van der Waals surface area contributed by atoms with Crippen LogP contribution in [0.2, 0.25) is 0 Å². The molecule has 166 valence electrons. The van der Waals surface area contributed by atoms with Crippen molar-refractivity contribution in [2.75, 3.05) is 20.8 Å². The average molecular weight is 494 g/mol. The molecule has 0 N–H and O–H groups in total. The number of rotatable bonds is 3. The third kappa shape index (κ3) is 3.47. The first-order chi connectivity index (χ1) is 15.3. The van der Waals surface area contributed by atoms with E-state index in [9.17, 15) is 4.79 Å². The van der Waals surface area contributed by atoms with Gasteiger partial charge in [0.2, 0.25) is 0 Å². The van der Waals surface area contributed by atoms with Crippen molar-refractivity contribution in [3.63, 3.8) is 0 Å². The summed E-state index contributed by atoms with van der Waals surface area (Å²) in [6.07, 6.45) is 4.68. The van der Waals surface area contributed by atoms with Crippen LogP contribution in [0.3, 0.4) is 0 Å². The number of carbonyl (C=O) groups excluding carboxylic acids is 1. The third-order valence-electron chi connectivity index (χ3n) is 6.87. The van der Waals surface area contributed by atoms with Crippen LogP contribution in [0.4, 0.5) is 0 Å². The summed E-state index contributed by atoms with van der Waals surface area (Å²) in [6, 6.07) is 12.5. The summed E-state index contributed by atoms with van der Waals surface area (Å²) in [5.74, 6) is 1.72. The lowest BCUT2D eigenvalue weighted by Gasteiger charge is -2.46. The molecule has 2 heterocycles. The highest BCUT2D eigenvalue weighted by atomic mass is 79.9. The number of ether oxygens (including phenoxy) is 2. The maximum absolute atomic E-state index is 13.4. The van der Waals surface area contributed by atoms with Crippen LogP contribution in [-0.4, -0.2) is 31.4 Å². The van der Waals surface area contributed by atoms with Gasteiger partial charge in [0.1, 0.15) is 0 Å². The molecule has 0 unspecified atom stereocenters. The summed E-state index contributed by atoms with van der Waals surface area (Å²) >= 11 is 3.54. The molecule has 4 nitrogen and oxygen atoms in total. The van der Waals surface area contributed by atoms with Crippen LogP contribution in [0.1, 0.15) is 49.3 Å². The number of halogens is 1. The Bertz CT molecular complexity index is 1160. The minimum atomic E-state index is -0.0491. The van der Waals surface area contributed by atoms with E-state index < -0.39 is 0 Å². The van der Waals surface area contributed by atoms with E-state index in [4.69, 9.17) is 9.47 Å². The first-order valence-electron chi connectivity index (χ1n) is 11.1. The molecule has 32 heavy (non-hydrogen) atoms. The fourth-order valence-electron chi connectivity index (χ4n) is 5.39. The van der Waals surface area contributed by atoms with Gasteiger partial charge in [0, 0.05) is 45.9 Å². The molecule has 2 aliphatic heterocycles. The lowest BCUT2D eigenvalue weighted by molar-refractivity contribution is -0.118. The SMILES string of the molecule is COc1cc2c(cc1OC)C1=C[C@@H](c3ccc(Br)cc3)C3=C(CC(C)(C)CC3=O)N1CC2. The number of methoxy groups -OCH3 is 2. The predicted molar refractivity (Wildman–Crippen MR) is 130 cm³/mol. The van der Waals surface area contributed by atoms with Crippen molar-refractivity contribution in [1.29, 1.82) is 0 Å². The topological polar surface area (TPSA) is 38.8 Å². The summed E-state index contributed by atoms with van der Waals surface area (Å²) in [4.78, 5) is 15.8. The number of allylic oxidation sites excluding steroid dienone is 3. The number of fused-ring (bicyclic) bond motifs is 4. The zero-order chi connectivity index (χ0) is 22.6. The molecule has 2 aromatic rings. The third-order valence-corrected chi connectivity index (χ3v) is 7.40. The van der Waals surface area contributed by atoms with E-state index in [1.54, 1.807) is 14.2 Å². The van der Waals surface area contributed by atoms with Crippen LogP contribution >= 0.6 is 15.9 Å². The van der Waals surface area contributed by atoms with Crippen LogP contribution in [0.5, 0.6) is 11.5 Å². The van der Waals surface area contributed by atoms with E-state index in [1.165, 1.54) is 22.5 Å². The number of hydrogen-bond acceptors (Lipinski definition) is 4. The number of hydrogen-bond donors (Lipinski definition) is 0. The van der Waals surface area contributed by atoms with Gasteiger partial charge < -0.3 is 14.4 Å². The molecule has 0 radical (unpaired) electrons. The first-order valence-corrected chi connectivity index (χ1v) is 11.9. The largest absolute Gasteiger partial charge is 0.493 e. The summed E-state index contributed by atoms with van der Waals surface area (Å²) in [5, 5.41) is 0. The highest BCUT2D eigenvalue weighted by Crippen LogP contribution is 2.51. The molecule has 0 saturated heterocycles. The van der Waals surface area contributed by atoms with Crippen molar-refractivity contribution in [2.24, 2.45) is 5.41 Å². The average Bonchev–Trinajstić information content (AvgIpc) is 2.77. The molecule has 0 spiro atoms. The fourth-order valence-corrected chi connectivity index (χ4v) is 5.66. The number of ketones is 1. The Morgan fingerprint density at radius 2 is 1.72 bits per heavy atom. The zero-order valence-electron chi connectivity index (χ0n) is 19.0. The maximum atomic E-state index is 13.4. The molecular weight excluding hydrogens is 466 g/mol. The highest BCUT2D eigenvalue weighted by Gasteiger charge is 2.42. The molecule has 0 amide bonds. The summed E-state index contributed by atoms with van der Waals surface area (Å²) in [7, 11) is 3.35. The van der Waals surface area contributed by atoms with Crippen molar-refractivity contribution >= 4 is 27.4 Å². The van der Waals surface area contributed by atoms with Gasteiger partial charge in [0.05, 0.1) is 14.2 Å². The summed E-state index contributed by atoms with van der Waals surface area (Å²) in [6.45, 7) is 5.27. The normalized spacial score (nSPS) is 21.4. The summed E-state index contributed by atoms with van der Waals surface area (Å²) in [5.41, 5.74) is 6.86. The molecule has 0 saturated carbocycles. The summed E-state index contributed by atoms with van der Waals surface area (Å²) < 4.78 is 12.2. The van der Waals surface area contributed by atoms with E-state index in [1.807, 2.05) is 0 Å². The number of benzene rings is 2. The van der Waals surface area contributed by atoms with Crippen LogP contribution < -0.4 is 9.47 Å². The Hall–Kier alpha value is -2.53. The lowest BCUT2D eigenvalue weighted by Crippen LogP contribution is -2.40. The molecule has 0 aromatic heterocycles. The molecule has 2 aromatic carbocycles. The second-order valence-electron chi connectivity index (χ2n) is 9.65. The number of nitrogens with zero attached hydrogens (tertiary/aromatic N) is 1. The molecule has 5 rings (SSSR count). The molecule has 5 heteroatoms. The Morgan fingerprint density at radius 1 is 1.03 bits per heavy atom. The van der Waals surface area contributed by atoms with Gasteiger partial charge in [0.25, 0.3) is 0 Å². The first kappa shape index (κ1) is 21.3. The van der Waals surface area contributed by atoms with Gasteiger partial charge in [-0.3, -0.25) is 4.79 Å². The Labute approximate surface area is 198 Å². The standard InChI is InChI=1S/C27H28BrNO3/c1-27(2)14-22-26(23(30)15-27)20(16-5-7-18(28)8-6-16)12-21-19-13-25(32-4)24(31-3)11-17(19)9-10-29(21)22/h5-8,11-13,20H,9-10,14-15H2,1-4H3/t20-/m0/s1. The van der Waals surface area contributed by atoms with Crippen LogP contribution in [0.15, 0.2) is 58.2 Å². The molecule has 1 aliphatic carbocycles. The van der Waals surface area contributed by atoms with E-state index in [-0.39, 0.29) is 17.1 Å². The van der Waals surface area contributed by atoms with Gasteiger partial charge in [-0.15, -0.1) is 0 Å². The second kappa shape index (κ2) is 7.80. The fraction of sp³-hybridized carbons (Fsp3) is 0.370. The molecular formula is C27H28BrNO3. The van der Waals surface area contributed by atoms with Crippen molar-refractivity contribution < 1.29 is 14.3 Å². The van der Waals surface area contributed by atoms with Gasteiger partial charge >= 0.3 is 0 Å². The van der Waals surface area contributed by atoms with E-state index in [2.05, 4.69) is 77.2 Å². The Balaban J connectivity index is 1.71. The Morgan fingerprint density at radius 3 is 2.41 bits per heavy atom. The van der Waals surface area contributed by atoms with Gasteiger partial charge in [-0.05, 0) is 59.7 Å². The molecule has 3 aliphatic rings. The van der Waals surface area contributed by atoms with Crippen molar-refractivity contribution in [1.82, 2.24) is 4.90 Å². The number of carbonyl (C=O) groups is 1. The van der Waals surface area contributed by atoms with Crippen LogP contribution in [0.25, 0.3) is 5.70 Å². The van der Waals surface area contributed by atoms with Gasteiger partial charge in [-0.1, -0.05) is 41.9 Å². The monoisotopic (exact) mass is 493 g/mol. The van der Waals surface area contributed by atoms with Crippen LogP contribution in [0, 0.1) is 5.41 Å². The molecule has 1 atom stereocenters.